The van der Waals surface area contributed by atoms with Crippen molar-refractivity contribution in [2.45, 2.75) is 38.4 Å². The molecule has 106 valence electrons. The van der Waals surface area contributed by atoms with Crippen LogP contribution in [-0.4, -0.2) is 16.3 Å². The normalized spacial score (nSPS) is 16.1. The molecule has 0 unspecified atom stereocenters. The molecule has 0 aliphatic carbocycles. The Labute approximate surface area is 132 Å². The summed E-state index contributed by atoms with van der Waals surface area (Å²) in [6.07, 6.45) is 5.14. The highest BCUT2D eigenvalue weighted by molar-refractivity contribution is 9.10. The van der Waals surface area contributed by atoms with Crippen molar-refractivity contribution in [3.05, 3.63) is 38.9 Å². The highest BCUT2D eigenvalue weighted by Gasteiger charge is 2.26. The summed E-state index contributed by atoms with van der Waals surface area (Å²) in [6, 6.07) is 3.99. The van der Waals surface area contributed by atoms with Crippen LogP contribution in [0.3, 0.4) is 0 Å². The highest BCUT2D eigenvalue weighted by Crippen LogP contribution is 2.28. The summed E-state index contributed by atoms with van der Waals surface area (Å²) in [5.74, 6) is 2.33. The van der Waals surface area contributed by atoms with Gasteiger partial charge in [0.2, 0.25) is 0 Å². The van der Waals surface area contributed by atoms with Gasteiger partial charge in [-0.25, -0.2) is 10.2 Å². The lowest BCUT2D eigenvalue weighted by Gasteiger charge is -2.25. The molecule has 21 heavy (non-hydrogen) atoms. The van der Waals surface area contributed by atoms with Crippen molar-refractivity contribution in [1.29, 1.82) is 5.26 Å². The number of halogens is 1. The first-order valence-electron chi connectivity index (χ1n) is 7.16. The van der Waals surface area contributed by atoms with E-state index in [1.54, 1.807) is 10.9 Å². The summed E-state index contributed by atoms with van der Waals surface area (Å²) in [4.78, 5) is 17.2. The molecule has 4 nitrogen and oxygen atoms in total. The van der Waals surface area contributed by atoms with Crippen LogP contribution in [0.4, 0.5) is 0 Å². The van der Waals surface area contributed by atoms with Gasteiger partial charge >= 0.3 is 0 Å². The Morgan fingerprint density at radius 2 is 2.14 bits per heavy atom. The molecule has 0 atom stereocenters. The summed E-state index contributed by atoms with van der Waals surface area (Å²) in [7, 11) is 0. The van der Waals surface area contributed by atoms with Gasteiger partial charge in [-0.2, -0.15) is 0 Å². The molecule has 2 aromatic rings. The predicted octanol–water partition coefficient (Wildman–Crippen LogP) is 3.36. The van der Waals surface area contributed by atoms with E-state index in [4.69, 9.17) is 5.26 Å². The van der Waals surface area contributed by atoms with Crippen molar-refractivity contribution in [3.63, 3.8) is 0 Å². The maximum Gasteiger partial charge on any atom is 0.268 e. The van der Waals surface area contributed by atoms with E-state index in [0.717, 1.165) is 41.0 Å². The summed E-state index contributed by atoms with van der Waals surface area (Å²) < 4.78 is 2.70. The molecule has 0 spiro atoms. The number of hydrogen-bond donors (Lipinski definition) is 0. The van der Waals surface area contributed by atoms with Crippen molar-refractivity contribution < 1.29 is 0 Å². The topological polar surface area (TPSA) is 58.7 Å². The Bertz CT molecular complexity index is 788. The average molecular weight is 344 g/mol. The zero-order chi connectivity index (χ0) is 15.0. The van der Waals surface area contributed by atoms with Crippen LogP contribution in [0.25, 0.3) is 10.9 Å². The van der Waals surface area contributed by atoms with E-state index in [-0.39, 0.29) is 18.3 Å². The number of benzene rings is 1. The predicted molar refractivity (Wildman–Crippen MR) is 87.7 cm³/mol. The molecule has 1 aliphatic heterocycles. The Hall–Kier alpha value is -1.61. The highest BCUT2D eigenvalue weighted by atomic mass is 79.9. The molecule has 0 bridgehead atoms. The first-order valence-corrected chi connectivity index (χ1v) is 7.96. The molecular formula is C15H15BBrN3O. The molecule has 0 saturated carbocycles. The number of aryl methyl sites for hydroxylation is 1. The Balaban J connectivity index is 2.04. The standard InChI is InChI=1S/C15H15BBrN3O/c1-10-6-11(17)7-13-14(10)15(21)20(9-19-13)12-2-4-16(8-18)5-3-12/h6-7,9,12H,2-5H2,1H3. The first kappa shape index (κ1) is 14.3. The fraction of sp³-hybridized carbons (Fsp3) is 0.400. The Morgan fingerprint density at radius 3 is 2.81 bits per heavy atom. The van der Waals surface area contributed by atoms with Crippen molar-refractivity contribution in [2.24, 2.45) is 0 Å². The Kier molecular flexibility index (Phi) is 3.86. The summed E-state index contributed by atoms with van der Waals surface area (Å²) in [5.41, 5.74) is 1.70. The number of aromatic nitrogens is 2. The van der Waals surface area contributed by atoms with Crippen LogP contribution >= 0.6 is 15.9 Å². The van der Waals surface area contributed by atoms with E-state index in [9.17, 15) is 4.79 Å². The fourth-order valence-electron chi connectivity index (χ4n) is 3.15. The second kappa shape index (κ2) is 5.65. The monoisotopic (exact) mass is 343 g/mol. The van der Waals surface area contributed by atoms with E-state index in [2.05, 4.69) is 26.9 Å². The summed E-state index contributed by atoms with van der Waals surface area (Å²) in [6.45, 7) is 2.08. The molecular weight excluding hydrogens is 329 g/mol. The van der Waals surface area contributed by atoms with Crippen molar-refractivity contribution in [1.82, 2.24) is 9.55 Å². The van der Waals surface area contributed by atoms with Gasteiger partial charge in [0.05, 0.1) is 17.2 Å². The second-order valence-electron chi connectivity index (χ2n) is 5.71. The molecule has 0 amide bonds. The van der Waals surface area contributed by atoms with Crippen LogP contribution in [0.1, 0.15) is 24.4 Å². The van der Waals surface area contributed by atoms with Crippen LogP contribution in [0, 0.1) is 18.2 Å². The van der Waals surface area contributed by atoms with Crippen LogP contribution < -0.4 is 5.56 Å². The van der Waals surface area contributed by atoms with Gasteiger partial charge in [-0.1, -0.05) is 28.6 Å². The minimum Gasteiger partial charge on any atom is -0.296 e. The molecule has 1 saturated heterocycles. The summed E-state index contributed by atoms with van der Waals surface area (Å²) >= 11 is 3.44. The quantitative estimate of drug-likeness (QED) is 0.746. The molecule has 1 aromatic carbocycles. The minimum absolute atomic E-state index is 0.0328. The second-order valence-corrected chi connectivity index (χ2v) is 6.62. The van der Waals surface area contributed by atoms with Gasteiger partial charge in [-0.3, -0.25) is 9.36 Å². The van der Waals surface area contributed by atoms with Gasteiger partial charge < -0.3 is 0 Å². The summed E-state index contributed by atoms with van der Waals surface area (Å²) in [5, 5.41) is 9.67. The van der Waals surface area contributed by atoms with E-state index in [0.29, 0.717) is 5.39 Å². The number of hydrogen-bond acceptors (Lipinski definition) is 3. The van der Waals surface area contributed by atoms with Gasteiger partial charge in [0, 0.05) is 16.5 Å². The van der Waals surface area contributed by atoms with Crippen LogP contribution in [0.15, 0.2) is 27.7 Å². The van der Waals surface area contributed by atoms with Gasteiger partial charge in [-0.05, 0) is 37.5 Å². The SMILES string of the molecule is Cc1cc(Br)cc2ncn(C3CCB(C#N)CC3)c(=O)c12. The third-order valence-corrected chi connectivity index (χ3v) is 4.78. The minimum atomic E-state index is 0.0328. The number of rotatable bonds is 1. The molecule has 1 aliphatic rings. The van der Waals surface area contributed by atoms with Crippen molar-refractivity contribution >= 4 is 33.5 Å². The van der Waals surface area contributed by atoms with Crippen LogP contribution in [0.2, 0.25) is 12.6 Å². The lowest BCUT2D eigenvalue weighted by molar-refractivity contribution is 0.440. The zero-order valence-corrected chi connectivity index (χ0v) is 13.4. The van der Waals surface area contributed by atoms with E-state index >= 15 is 0 Å². The number of nitriles is 1. The molecule has 1 aromatic heterocycles. The maximum atomic E-state index is 12.8. The lowest BCUT2D eigenvalue weighted by atomic mass is 9.42. The van der Waals surface area contributed by atoms with Crippen molar-refractivity contribution in [2.75, 3.05) is 0 Å². The third kappa shape index (κ3) is 2.63. The average Bonchev–Trinajstić information content (AvgIpc) is 2.47. The Morgan fingerprint density at radius 1 is 1.43 bits per heavy atom. The smallest absolute Gasteiger partial charge is 0.268 e. The van der Waals surface area contributed by atoms with Crippen LogP contribution in [-0.2, 0) is 0 Å². The number of nitrogens with zero attached hydrogens (tertiary/aromatic N) is 3. The van der Waals surface area contributed by atoms with E-state index < -0.39 is 0 Å². The van der Waals surface area contributed by atoms with Gasteiger partial charge in [-0.15, -0.1) is 0 Å². The van der Waals surface area contributed by atoms with Crippen molar-refractivity contribution in [3.8, 4) is 5.97 Å². The molecule has 0 N–H and O–H groups in total. The lowest BCUT2D eigenvalue weighted by Crippen LogP contribution is -2.30. The largest absolute Gasteiger partial charge is 0.296 e. The van der Waals surface area contributed by atoms with E-state index in [1.807, 2.05) is 19.1 Å². The van der Waals surface area contributed by atoms with E-state index in [1.165, 1.54) is 0 Å². The molecule has 0 radical (unpaired) electrons. The maximum absolute atomic E-state index is 12.8. The number of fused-ring (bicyclic) bond motifs is 1. The van der Waals surface area contributed by atoms with Gasteiger partial charge in [0.25, 0.3) is 12.3 Å². The van der Waals surface area contributed by atoms with Gasteiger partial charge in [0.15, 0.2) is 0 Å². The molecule has 3 rings (SSSR count). The molecule has 6 heteroatoms. The van der Waals surface area contributed by atoms with Crippen LogP contribution in [0.5, 0.6) is 0 Å². The third-order valence-electron chi connectivity index (χ3n) is 4.32. The molecule has 1 fully saturated rings. The van der Waals surface area contributed by atoms with Gasteiger partial charge in [0.1, 0.15) is 0 Å². The molecule has 2 heterocycles. The first-order chi connectivity index (χ1) is 10.1. The zero-order valence-electron chi connectivity index (χ0n) is 11.8. The fourth-order valence-corrected chi connectivity index (χ4v) is 3.71.